The first-order valence-corrected chi connectivity index (χ1v) is 4.91. The van der Waals surface area contributed by atoms with Gasteiger partial charge in [-0.2, -0.15) is 0 Å². The van der Waals surface area contributed by atoms with Crippen LogP contribution < -0.4 is 0 Å². The van der Waals surface area contributed by atoms with Gasteiger partial charge < -0.3 is 4.74 Å². The lowest BCUT2D eigenvalue weighted by Crippen LogP contribution is -2.23. The maximum absolute atomic E-state index is 5.59. The molecule has 1 aliphatic heterocycles. The van der Waals surface area contributed by atoms with Crippen LogP contribution in [-0.2, 0) is 4.74 Å². The van der Waals surface area contributed by atoms with Gasteiger partial charge in [0.1, 0.15) is 0 Å². The molecular formula is C10H20O. The van der Waals surface area contributed by atoms with E-state index in [1.165, 1.54) is 32.1 Å². The van der Waals surface area contributed by atoms with Crippen molar-refractivity contribution in [3.8, 4) is 0 Å². The van der Waals surface area contributed by atoms with Crippen LogP contribution in [0, 0.1) is 5.41 Å². The van der Waals surface area contributed by atoms with Crippen LogP contribution in [0.25, 0.3) is 0 Å². The topological polar surface area (TPSA) is 9.23 Å². The highest BCUT2D eigenvalue weighted by Gasteiger charge is 2.27. The van der Waals surface area contributed by atoms with E-state index in [0.29, 0.717) is 5.41 Å². The third-order valence-corrected chi connectivity index (χ3v) is 3.15. The zero-order chi connectivity index (χ0) is 8.16. The van der Waals surface area contributed by atoms with Gasteiger partial charge in [-0.05, 0) is 31.1 Å². The van der Waals surface area contributed by atoms with Crippen LogP contribution in [0.15, 0.2) is 0 Å². The minimum Gasteiger partial charge on any atom is -0.381 e. The monoisotopic (exact) mass is 156 g/mol. The molecule has 0 aliphatic carbocycles. The predicted molar refractivity (Wildman–Crippen MR) is 47.7 cm³/mol. The Morgan fingerprint density at radius 1 is 1.18 bits per heavy atom. The van der Waals surface area contributed by atoms with E-state index in [-0.39, 0.29) is 0 Å². The van der Waals surface area contributed by atoms with Crippen molar-refractivity contribution < 1.29 is 4.74 Å². The molecule has 0 atom stereocenters. The summed E-state index contributed by atoms with van der Waals surface area (Å²) in [7, 11) is 0. The van der Waals surface area contributed by atoms with Crippen molar-refractivity contribution >= 4 is 0 Å². The Morgan fingerprint density at radius 2 is 1.91 bits per heavy atom. The Labute approximate surface area is 70.1 Å². The lowest BCUT2D eigenvalue weighted by molar-refractivity contribution is 0.0545. The minimum atomic E-state index is 0.524. The Kier molecular flexibility index (Phi) is 3.38. The molecule has 1 saturated heterocycles. The molecule has 66 valence electrons. The van der Waals surface area contributed by atoms with Crippen LogP contribution in [0.5, 0.6) is 0 Å². The van der Waals surface area contributed by atoms with Gasteiger partial charge in [-0.25, -0.2) is 0 Å². The van der Waals surface area contributed by atoms with Gasteiger partial charge in [-0.15, -0.1) is 0 Å². The average Bonchev–Trinajstić information content (AvgIpc) is 2.30. The highest BCUT2D eigenvalue weighted by molar-refractivity contribution is 4.77. The second-order valence-corrected chi connectivity index (χ2v) is 3.72. The molecule has 0 spiro atoms. The largest absolute Gasteiger partial charge is 0.381 e. The highest BCUT2D eigenvalue weighted by atomic mass is 16.5. The van der Waals surface area contributed by atoms with Gasteiger partial charge in [-0.3, -0.25) is 0 Å². The van der Waals surface area contributed by atoms with Gasteiger partial charge in [0.15, 0.2) is 0 Å². The van der Waals surface area contributed by atoms with Crippen LogP contribution in [-0.4, -0.2) is 13.2 Å². The predicted octanol–water partition coefficient (Wildman–Crippen LogP) is 2.99. The van der Waals surface area contributed by atoms with Gasteiger partial charge in [-0.1, -0.05) is 20.3 Å². The summed E-state index contributed by atoms with van der Waals surface area (Å²) in [5, 5.41) is 0. The summed E-state index contributed by atoms with van der Waals surface area (Å²) in [5.41, 5.74) is 0.524. The van der Waals surface area contributed by atoms with Crippen LogP contribution in [0.1, 0.15) is 46.0 Å². The van der Waals surface area contributed by atoms with E-state index >= 15 is 0 Å². The molecule has 11 heavy (non-hydrogen) atoms. The first-order chi connectivity index (χ1) is 5.33. The number of ether oxygens (including phenoxy) is 1. The van der Waals surface area contributed by atoms with Crippen molar-refractivity contribution in [2.75, 3.05) is 13.2 Å². The summed E-state index contributed by atoms with van der Waals surface area (Å²) >= 11 is 0. The quantitative estimate of drug-likeness (QED) is 0.597. The molecule has 0 saturated carbocycles. The summed E-state index contributed by atoms with van der Waals surface area (Å²) in [5.74, 6) is 0. The molecular weight excluding hydrogens is 136 g/mol. The van der Waals surface area contributed by atoms with Gasteiger partial charge in [0, 0.05) is 6.61 Å². The normalized spacial score (nSPS) is 24.5. The van der Waals surface area contributed by atoms with Gasteiger partial charge in [0.2, 0.25) is 0 Å². The zero-order valence-corrected chi connectivity index (χ0v) is 7.86. The summed E-state index contributed by atoms with van der Waals surface area (Å²) in [6.07, 6.45) is 6.57. The standard InChI is InChI=1S/C10H20O/c1-3-10(4-2)7-5-6-8-11-9-10/h3-9H2,1-2H3. The van der Waals surface area contributed by atoms with Crippen LogP contribution in [0.2, 0.25) is 0 Å². The zero-order valence-electron chi connectivity index (χ0n) is 7.86. The summed E-state index contributed by atoms with van der Waals surface area (Å²) in [6, 6.07) is 0. The molecule has 1 nitrogen and oxygen atoms in total. The maximum Gasteiger partial charge on any atom is 0.0522 e. The summed E-state index contributed by atoms with van der Waals surface area (Å²) < 4.78 is 5.59. The Morgan fingerprint density at radius 3 is 2.55 bits per heavy atom. The Bertz CT molecular complexity index is 95.4. The van der Waals surface area contributed by atoms with Crippen molar-refractivity contribution in [3.05, 3.63) is 0 Å². The first kappa shape index (κ1) is 9.05. The molecule has 0 unspecified atom stereocenters. The smallest absolute Gasteiger partial charge is 0.0522 e. The highest BCUT2D eigenvalue weighted by Crippen LogP contribution is 2.34. The molecule has 1 aliphatic rings. The van der Waals surface area contributed by atoms with Gasteiger partial charge >= 0.3 is 0 Å². The lowest BCUT2D eigenvalue weighted by Gasteiger charge is -2.29. The molecule has 1 fully saturated rings. The molecule has 1 heteroatoms. The fourth-order valence-corrected chi connectivity index (χ4v) is 1.87. The van der Waals surface area contributed by atoms with Gasteiger partial charge in [0.25, 0.3) is 0 Å². The third kappa shape index (κ3) is 2.19. The molecule has 0 N–H and O–H groups in total. The second kappa shape index (κ2) is 4.10. The molecule has 0 bridgehead atoms. The van der Waals surface area contributed by atoms with Crippen molar-refractivity contribution in [2.24, 2.45) is 5.41 Å². The summed E-state index contributed by atoms with van der Waals surface area (Å²) in [4.78, 5) is 0. The van der Waals surface area contributed by atoms with Gasteiger partial charge in [0.05, 0.1) is 6.61 Å². The van der Waals surface area contributed by atoms with E-state index in [2.05, 4.69) is 13.8 Å². The van der Waals surface area contributed by atoms with Crippen molar-refractivity contribution in [2.45, 2.75) is 46.0 Å². The minimum absolute atomic E-state index is 0.524. The first-order valence-electron chi connectivity index (χ1n) is 4.91. The van der Waals surface area contributed by atoms with Crippen molar-refractivity contribution in [1.29, 1.82) is 0 Å². The SMILES string of the molecule is CCC1(CC)CCCCOC1. The lowest BCUT2D eigenvalue weighted by atomic mass is 9.79. The molecule has 1 heterocycles. The van der Waals surface area contributed by atoms with Crippen molar-refractivity contribution in [3.63, 3.8) is 0 Å². The number of hydrogen-bond donors (Lipinski definition) is 0. The molecule has 0 aromatic heterocycles. The van der Waals surface area contributed by atoms with E-state index in [1.807, 2.05) is 0 Å². The van der Waals surface area contributed by atoms with E-state index < -0.39 is 0 Å². The molecule has 0 radical (unpaired) electrons. The molecule has 0 amide bonds. The van der Waals surface area contributed by atoms with Crippen LogP contribution in [0.4, 0.5) is 0 Å². The van der Waals surface area contributed by atoms with E-state index in [4.69, 9.17) is 4.74 Å². The molecule has 0 aromatic carbocycles. The summed E-state index contributed by atoms with van der Waals surface area (Å²) in [6.45, 7) is 6.57. The average molecular weight is 156 g/mol. The van der Waals surface area contributed by atoms with E-state index in [0.717, 1.165) is 13.2 Å². The second-order valence-electron chi connectivity index (χ2n) is 3.72. The van der Waals surface area contributed by atoms with Crippen LogP contribution >= 0.6 is 0 Å². The Balaban J connectivity index is 2.49. The van der Waals surface area contributed by atoms with E-state index in [1.54, 1.807) is 0 Å². The molecule has 0 aromatic rings. The third-order valence-electron chi connectivity index (χ3n) is 3.15. The van der Waals surface area contributed by atoms with Crippen LogP contribution in [0.3, 0.4) is 0 Å². The fourth-order valence-electron chi connectivity index (χ4n) is 1.87. The van der Waals surface area contributed by atoms with Crippen molar-refractivity contribution in [1.82, 2.24) is 0 Å². The Hall–Kier alpha value is -0.0400. The maximum atomic E-state index is 5.59. The number of hydrogen-bond acceptors (Lipinski definition) is 1. The number of rotatable bonds is 2. The fraction of sp³-hybridized carbons (Fsp3) is 1.00. The molecule has 1 rings (SSSR count). The van der Waals surface area contributed by atoms with E-state index in [9.17, 15) is 0 Å².